The molecule has 1 aromatic heterocycles. The van der Waals surface area contributed by atoms with Crippen LogP contribution in [0.2, 0.25) is 0 Å². The summed E-state index contributed by atoms with van der Waals surface area (Å²) in [6.07, 6.45) is -0.667. The lowest BCUT2D eigenvalue weighted by Crippen LogP contribution is -2.31. The van der Waals surface area contributed by atoms with E-state index in [9.17, 15) is 18.0 Å². The molecule has 2 heterocycles. The molecule has 0 saturated carbocycles. The quantitative estimate of drug-likeness (QED) is 0.515. The van der Waals surface area contributed by atoms with Gasteiger partial charge in [-0.15, -0.1) is 0 Å². The molecule has 37 heavy (non-hydrogen) atoms. The van der Waals surface area contributed by atoms with Crippen molar-refractivity contribution in [3.8, 4) is 11.8 Å². The molecule has 10 heteroatoms. The van der Waals surface area contributed by atoms with Crippen LogP contribution in [0.1, 0.15) is 39.0 Å². The Bertz CT molecular complexity index is 1360. The number of nitrogens with one attached hydrogen (secondary N) is 1. The van der Waals surface area contributed by atoms with Crippen molar-refractivity contribution in [3.05, 3.63) is 76.6 Å². The normalized spacial score (nSPS) is 15.4. The average molecular weight is 509 g/mol. The number of hydrogen-bond donors (Lipinski definition) is 2. The van der Waals surface area contributed by atoms with E-state index in [0.29, 0.717) is 29.9 Å². The first-order chi connectivity index (χ1) is 17.5. The molecule has 192 valence electrons. The SMILES string of the molecule is Cc1ccc(C(=O)Nc2cc(C(F)(F)F)ccc2N2CC[C@@H](N(C)C)C2)cc1C#Cc1cnc(N)nc1. The number of aryl methyl sites for hydroxylation is 1. The summed E-state index contributed by atoms with van der Waals surface area (Å²) >= 11 is 0. The number of halogens is 3. The average Bonchev–Trinajstić information content (AvgIpc) is 3.34. The van der Waals surface area contributed by atoms with Gasteiger partial charge in [-0.25, -0.2) is 9.97 Å². The summed E-state index contributed by atoms with van der Waals surface area (Å²) in [6, 6.07) is 8.72. The van der Waals surface area contributed by atoms with Gasteiger partial charge in [0.1, 0.15) is 0 Å². The van der Waals surface area contributed by atoms with Gasteiger partial charge in [0.2, 0.25) is 5.95 Å². The fraction of sp³-hybridized carbons (Fsp3) is 0.296. The van der Waals surface area contributed by atoms with Crippen LogP contribution in [0.25, 0.3) is 0 Å². The van der Waals surface area contributed by atoms with E-state index >= 15 is 0 Å². The fourth-order valence-electron chi connectivity index (χ4n) is 4.10. The summed E-state index contributed by atoms with van der Waals surface area (Å²) in [6.45, 7) is 3.18. The van der Waals surface area contributed by atoms with E-state index < -0.39 is 17.6 Å². The molecule has 0 unspecified atom stereocenters. The van der Waals surface area contributed by atoms with Gasteiger partial charge in [0.15, 0.2) is 0 Å². The summed E-state index contributed by atoms with van der Waals surface area (Å²) in [5, 5.41) is 2.71. The Hall–Kier alpha value is -4.10. The number of nitrogen functional groups attached to an aromatic ring is 1. The van der Waals surface area contributed by atoms with Crippen molar-refractivity contribution < 1.29 is 18.0 Å². The number of nitrogens with zero attached hydrogens (tertiary/aromatic N) is 4. The highest BCUT2D eigenvalue weighted by Crippen LogP contribution is 2.37. The Morgan fingerprint density at radius 3 is 2.51 bits per heavy atom. The minimum Gasteiger partial charge on any atom is -0.368 e. The highest BCUT2D eigenvalue weighted by Gasteiger charge is 2.33. The molecule has 2 aromatic carbocycles. The van der Waals surface area contributed by atoms with Gasteiger partial charge in [-0.1, -0.05) is 17.9 Å². The molecule has 0 spiro atoms. The zero-order valence-corrected chi connectivity index (χ0v) is 20.7. The van der Waals surface area contributed by atoms with Crippen molar-refractivity contribution in [2.24, 2.45) is 0 Å². The zero-order chi connectivity index (χ0) is 26.7. The van der Waals surface area contributed by atoms with E-state index in [1.165, 1.54) is 18.5 Å². The number of benzene rings is 2. The standard InChI is InChI=1S/C27H27F3N6O/c1-17-4-6-20(12-19(17)7-5-18-14-32-26(31)33-15-18)25(37)34-23-13-21(27(28,29)30)8-9-24(23)36-11-10-22(16-36)35(2)3/h4,6,8-9,12-15,22H,10-11,16H2,1-3H3,(H,34,37)(H2,31,32,33)/t22-/m1/s1. The zero-order valence-electron chi connectivity index (χ0n) is 20.7. The maximum Gasteiger partial charge on any atom is 0.416 e. The Kier molecular flexibility index (Phi) is 7.36. The molecule has 0 aliphatic carbocycles. The van der Waals surface area contributed by atoms with Crippen LogP contribution in [-0.2, 0) is 6.18 Å². The van der Waals surface area contributed by atoms with Gasteiger partial charge in [-0.2, -0.15) is 13.2 Å². The number of alkyl halides is 3. The first-order valence-electron chi connectivity index (χ1n) is 11.7. The van der Waals surface area contributed by atoms with Crippen molar-refractivity contribution in [1.29, 1.82) is 0 Å². The third kappa shape index (κ3) is 6.19. The van der Waals surface area contributed by atoms with Crippen LogP contribution in [-0.4, -0.2) is 54.0 Å². The van der Waals surface area contributed by atoms with E-state index in [-0.39, 0.29) is 23.2 Å². The van der Waals surface area contributed by atoms with Crippen molar-refractivity contribution >= 4 is 23.2 Å². The lowest BCUT2D eigenvalue weighted by Gasteiger charge is -2.25. The van der Waals surface area contributed by atoms with E-state index in [0.717, 1.165) is 24.1 Å². The molecule has 3 N–H and O–H groups in total. The van der Waals surface area contributed by atoms with Crippen LogP contribution in [0, 0.1) is 18.8 Å². The minimum absolute atomic E-state index is 0.117. The maximum atomic E-state index is 13.5. The van der Waals surface area contributed by atoms with Gasteiger partial charge in [0.05, 0.1) is 22.5 Å². The Balaban J connectivity index is 1.62. The second kappa shape index (κ2) is 10.5. The maximum absolute atomic E-state index is 13.5. The number of rotatable bonds is 4. The molecule has 1 amide bonds. The van der Waals surface area contributed by atoms with Gasteiger partial charge in [-0.3, -0.25) is 4.79 Å². The number of aromatic nitrogens is 2. The third-order valence-corrected chi connectivity index (χ3v) is 6.32. The van der Waals surface area contributed by atoms with Crippen molar-refractivity contribution in [2.45, 2.75) is 25.6 Å². The Labute approximate surface area is 213 Å². The van der Waals surface area contributed by atoms with E-state index in [2.05, 4.69) is 32.0 Å². The van der Waals surface area contributed by atoms with E-state index in [1.54, 1.807) is 18.2 Å². The number of likely N-dealkylation sites (N-methyl/N-ethyl adjacent to an activating group) is 1. The largest absolute Gasteiger partial charge is 0.416 e. The van der Waals surface area contributed by atoms with E-state index in [4.69, 9.17) is 5.73 Å². The molecule has 0 bridgehead atoms. The first kappa shape index (κ1) is 26.0. The second-order valence-electron chi connectivity index (χ2n) is 9.15. The summed E-state index contributed by atoms with van der Waals surface area (Å²) in [4.78, 5) is 25.1. The highest BCUT2D eigenvalue weighted by molar-refractivity contribution is 6.06. The minimum atomic E-state index is -4.53. The number of carbonyl (C=O) groups excluding carboxylic acids is 1. The molecule has 1 atom stereocenters. The summed E-state index contributed by atoms with van der Waals surface area (Å²) in [7, 11) is 3.95. The third-order valence-electron chi connectivity index (χ3n) is 6.32. The van der Waals surface area contributed by atoms with Crippen molar-refractivity contribution in [1.82, 2.24) is 14.9 Å². The number of nitrogens with two attached hydrogens (primary N) is 1. The van der Waals surface area contributed by atoms with Gasteiger partial charge < -0.3 is 20.9 Å². The number of hydrogen-bond acceptors (Lipinski definition) is 6. The molecule has 1 aliphatic heterocycles. The molecule has 3 aromatic rings. The number of amides is 1. The van der Waals surface area contributed by atoms with Crippen LogP contribution in [0.3, 0.4) is 0 Å². The van der Waals surface area contributed by atoms with Crippen LogP contribution in [0.15, 0.2) is 48.8 Å². The number of anilines is 3. The summed E-state index contributed by atoms with van der Waals surface area (Å²) < 4.78 is 40.5. The van der Waals surface area contributed by atoms with Crippen LogP contribution < -0.4 is 16.0 Å². The second-order valence-corrected chi connectivity index (χ2v) is 9.15. The summed E-state index contributed by atoms with van der Waals surface area (Å²) in [5.41, 5.74) is 7.62. The monoisotopic (exact) mass is 508 g/mol. The Morgan fingerprint density at radius 2 is 1.86 bits per heavy atom. The molecule has 1 saturated heterocycles. The smallest absolute Gasteiger partial charge is 0.368 e. The molecule has 1 fully saturated rings. The molecule has 7 nitrogen and oxygen atoms in total. The van der Waals surface area contributed by atoms with Crippen molar-refractivity contribution in [3.63, 3.8) is 0 Å². The van der Waals surface area contributed by atoms with Crippen LogP contribution >= 0.6 is 0 Å². The molecular formula is C27H27F3N6O. The van der Waals surface area contributed by atoms with E-state index in [1.807, 2.05) is 25.9 Å². The molecule has 4 rings (SSSR count). The topological polar surface area (TPSA) is 87.4 Å². The fourth-order valence-corrected chi connectivity index (χ4v) is 4.10. The number of carbonyl (C=O) groups is 1. The van der Waals surface area contributed by atoms with Gasteiger partial charge in [0.25, 0.3) is 5.91 Å². The summed E-state index contributed by atoms with van der Waals surface area (Å²) in [5.74, 6) is 5.54. The van der Waals surface area contributed by atoms with Gasteiger partial charge >= 0.3 is 6.18 Å². The van der Waals surface area contributed by atoms with Crippen molar-refractivity contribution in [2.75, 3.05) is 43.1 Å². The molecule has 0 radical (unpaired) electrons. The van der Waals surface area contributed by atoms with Crippen LogP contribution in [0.5, 0.6) is 0 Å². The molecular weight excluding hydrogens is 481 g/mol. The molecule has 1 aliphatic rings. The van der Waals surface area contributed by atoms with Gasteiger partial charge in [0, 0.05) is 42.7 Å². The lowest BCUT2D eigenvalue weighted by molar-refractivity contribution is -0.137. The predicted octanol–water partition coefficient (Wildman–Crippen LogP) is 4.18. The van der Waals surface area contributed by atoms with Gasteiger partial charge in [-0.05, 0) is 63.3 Å². The highest BCUT2D eigenvalue weighted by atomic mass is 19.4. The lowest BCUT2D eigenvalue weighted by atomic mass is 10.0. The first-order valence-corrected chi connectivity index (χ1v) is 11.7. The predicted molar refractivity (Wildman–Crippen MR) is 137 cm³/mol. The Morgan fingerprint density at radius 1 is 1.14 bits per heavy atom. The van der Waals surface area contributed by atoms with Crippen LogP contribution in [0.4, 0.5) is 30.5 Å².